The van der Waals surface area contributed by atoms with Gasteiger partial charge in [-0.25, -0.2) is 13.4 Å². The summed E-state index contributed by atoms with van der Waals surface area (Å²) in [6, 6.07) is 9.60. The highest BCUT2D eigenvalue weighted by atomic mass is 35.5. The fraction of sp³-hybridized carbons (Fsp3) is 0.0833. The molecule has 0 aliphatic carbocycles. The molecule has 0 saturated heterocycles. The number of sulfone groups is 1. The summed E-state index contributed by atoms with van der Waals surface area (Å²) in [5.41, 5.74) is 0.395. The summed E-state index contributed by atoms with van der Waals surface area (Å²) in [6.07, 6.45) is 1.43. The van der Waals surface area contributed by atoms with Crippen LogP contribution < -0.4 is 0 Å². The van der Waals surface area contributed by atoms with Gasteiger partial charge in [0.15, 0.2) is 14.9 Å². The van der Waals surface area contributed by atoms with Crippen LogP contribution in [0.25, 0.3) is 0 Å². The Kier molecular flexibility index (Phi) is 3.90. The van der Waals surface area contributed by atoms with E-state index in [0.29, 0.717) is 15.6 Å². The first-order chi connectivity index (χ1) is 8.50. The first kappa shape index (κ1) is 13.3. The Hall–Kier alpha value is -1.10. The van der Waals surface area contributed by atoms with E-state index in [-0.39, 0.29) is 10.8 Å². The van der Waals surface area contributed by atoms with E-state index in [2.05, 4.69) is 4.98 Å². The van der Waals surface area contributed by atoms with E-state index in [0.717, 1.165) is 0 Å². The molecule has 1 aromatic heterocycles. The maximum atomic E-state index is 12.1. The Labute approximate surface area is 115 Å². The van der Waals surface area contributed by atoms with Crippen LogP contribution in [0.4, 0.5) is 0 Å². The van der Waals surface area contributed by atoms with Crippen molar-refractivity contribution in [1.29, 1.82) is 0 Å². The van der Waals surface area contributed by atoms with Crippen molar-refractivity contribution in [2.24, 2.45) is 0 Å². The molecule has 0 bridgehead atoms. The van der Waals surface area contributed by atoms with Gasteiger partial charge in [-0.2, -0.15) is 0 Å². The Bertz CT molecular complexity index is 637. The van der Waals surface area contributed by atoms with E-state index in [4.69, 9.17) is 23.2 Å². The zero-order valence-corrected chi connectivity index (χ0v) is 11.5. The van der Waals surface area contributed by atoms with Crippen molar-refractivity contribution in [3.63, 3.8) is 0 Å². The summed E-state index contributed by atoms with van der Waals surface area (Å²) in [4.78, 5) is 3.83. The molecule has 1 heterocycles. The predicted octanol–water partition coefficient (Wildman–Crippen LogP) is 3.36. The van der Waals surface area contributed by atoms with E-state index in [1.165, 1.54) is 12.3 Å². The Morgan fingerprint density at radius 1 is 1.00 bits per heavy atom. The topological polar surface area (TPSA) is 47.0 Å². The van der Waals surface area contributed by atoms with Crippen LogP contribution in [0, 0.1) is 0 Å². The molecule has 2 aromatic rings. The number of pyridine rings is 1. The normalized spacial score (nSPS) is 11.4. The van der Waals surface area contributed by atoms with Crippen LogP contribution in [0.5, 0.6) is 0 Å². The lowest BCUT2D eigenvalue weighted by Gasteiger charge is -2.07. The summed E-state index contributed by atoms with van der Waals surface area (Å²) in [6.45, 7) is 0. The van der Waals surface area contributed by atoms with E-state index in [1.807, 2.05) is 0 Å². The summed E-state index contributed by atoms with van der Waals surface area (Å²) >= 11 is 11.9. The van der Waals surface area contributed by atoms with Crippen LogP contribution in [-0.4, -0.2) is 13.4 Å². The number of halogens is 2. The minimum Gasteiger partial charge on any atom is -0.245 e. The average molecular weight is 302 g/mol. The molecule has 2 rings (SSSR count). The lowest BCUT2D eigenvalue weighted by Crippen LogP contribution is -2.07. The van der Waals surface area contributed by atoms with Gasteiger partial charge in [-0.1, -0.05) is 35.3 Å². The third-order valence-electron chi connectivity index (χ3n) is 2.35. The van der Waals surface area contributed by atoms with Crippen LogP contribution in [0.1, 0.15) is 5.56 Å². The van der Waals surface area contributed by atoms with Gasteiger partial charge in [0.25, 0.3) is 0 Å². The Morgan fingerprint density at radius 2 is 1.67 bits per heavy atom. The van der Waals surface area contributed by atoms with Gasteiger partial charge in [-0.15, -0.1) is 0 Å². The van der Waals surface area contributed by atoms with Crippen molar-refractivity contribution in [1.82, 2.24) is 4.98 Å². The molecule has 0 N–H and O–H groups in total. The van der Waals surface area contributed by atoms with Gasteiger partial charge in [0.1, 0.15) is 0 Å². The number of hydrogen-bond donors (Lipinski definition) is 0. The average Bonchev–Trinajstić information content (AvgIpc) is 2.35. The minimum atomic E-state index is -3.54. The maximum absolute atomic E-state index is 12.1. The largest absolute Gasteiger partial charge is 0.245 e. The van der Waals surface area contributed by atoms with Gasteiger partial charge in [0.2, 0.25) is 0 Å². The first-order valence-corrected chi connectivity index (χ1v) is 7.48. The molecule has 0 spiro atoms. The van der Waals surface area contributed by atoms with Crippen molar-refractivity contribution in [3.05, 3.63) is 58.2 Å². The second-order valence-electron chi connectivity index (χ2n) is 3.63. The zero-order chi connectivity index (χ0) is 13.2. The molecular formula is C12H9Cl2NO2S. The van der Waals surface area contributed by atoms with Crippen LogP contribution in [0.2, 0.25) is 10.0 Å². The van der Waals surface area contributed by atoms with Gasteiger partial charge >= 0.3 is 0 Å². The number of rotatable bonds is 3. The number of benzene rings is 1. The second-order valence-corrected chi connectivity index (χ2v) is 6.38. The van der Waals surface area contributed by atoms with Crippen LogP contribution in [0.15, 0.2) is 47.6 Å². The second kappa shape index (κ2) is 5.26. The van der Waals surface area contributed by atoms with E-state index in [1.54, 1.807) is 30.3 Å². The first-order valence-electron chi connectivity index (χ1n) is 5.07. The van der Waals surface area contributed by atoms with Crippen LogP contribution in [0.3, 0.4) is 0 Å². The lowest BCUT2D eigenvalue weighted by molar-refractivity contribution is 0.591. The number of hydrogen-bond acceptors (Lipinski definition) is 3. The van der Waals surface area contributed by atoms with Crippen LogP contribution in [-0.2, 0) is 15.6 Å². The highest BCUT2D eigenvalue weighted by molar-refractivity contribution is 7.90. The minimum absolute atomic E-state index is 0.0148. The molecule has 0 amide bonds. The lowest BCUT2D eigenvalue weighted by atomic mass is 10.2. The SMILES string of the molecule is O=S(=O)(Cc1c(Cl)cccc1Cl)c1ccccn1. The standard InChI is InChI=1S/C12H9Cl2NO2S/c13-10-4-3-5-11(14)9(10)8-18(16,17)12-6-1-2-7-15-12/h1-7H,8H2. The van der Waals surface area contributed by atoms with E-state index >= 15 is 0 Å². The molecule has 0 aliphatic heterocycles. The fourth-order valence-corrected chi connectivity index (χ4v) is 3.50. The summed E-state index contributed by atoms with van der Waals surface area (Å²) in [5.74, 6) is -0.261. The molecule has 6 heteroatoms. The molecule has 0 fully saturated rings. The summed E-state index contributed by atoms with van der Waals surface area (Å²) in [5, 5.41) is 0.685. The molecule has 1 aromatic carbocycles. The molecule has 0 aliphatic rings. The zero-order valence-electron chi connectivity index (χ0n) is 9.18. The number of nitrogens with zero attached hydrogens (tertiary/aromatic N) is 1. The Balaban J connectivity index is 2.41. The van der Waals surface area contributed by atoms with Crippen molar-refractivity contribution in [2.75, 3.05) is 0 Å². The molecule has 0 atom stereocenters. The third kappa shape index (κ3) is 2.83. The van der Waals surface area contributed by atoms with Gasteiger partial charge in [-0.05, 0) is 24.3 Å². The third-order valence-corrected chi connectivity index (χ3v) is 4.61. The molecule has 3 nitrogen and oxygen atoms in total. The molecule has 94 valence electrons. The fourth-order valence-electron chi connectivity index (χ4n) is 1.47. The quantitative estimate of drug-likeness (QED) is 0.873. The van der Waals surface area contributed by atoms with Gasteiger partial charge in [-0.3, -0.25) is 0 Å². The Morgan fingerprint density at radius 3 is 2.22 bits per heavy atom. The van der Waals surface area contributed by atoms with E-state index < -0.39 is 9.84 Å². The van der Waals surface area contributed by atoms with Crippen LogP contribution >= 0.6 is 23.2 Å². The molecular weight excluding hydrogens is 293 g/mol. The van der Waals surface area contributed by atoms with Crippen molar-refractivity contribution in [2.45, 2.75) is 10.8 Å². The summed E-state index contributed by atoms with van der Waals surface area (Å²) in [7, 11) is -3.54. The highest BCUT2D eigenvalue weighted by Gasteiger charge is 2.19. The van der Waals surface area contributed by atoms with Crippen molar-refractivity contribution >= 4 is 33.0 Å². The monoisotopic (exact) mass is 301 g/mol. The highest BCUT2D eigenvalue weighted by Crippen LogP contribution is 2.27. The van der Waals surface area contributed by atoms with Gasteiger partial charge in [0.05, 0.1) is 5.75 Å². The molecule has 0 unspecified atom stereocenters. The smallest absolute Gasteiger partial charge is 0.199 e. The van der Waals surface area contributed by atoms with Crippen molar-refractivity contribution < 1.29 is 8.42 Å². The van der Waals surface area contributed by atoms with Crippen molar-refractivity contribution in [3.8, 4) is 0 Å². The number of aromatic nitrogens is 1. The predicted molar refractivity (Wildman–Crippen MR) is 71.6 cm³/mol. The van der Waals surface area contributed by atoms with Gasteiger partial charge in [0, 0.05) is 21.8 Å². The molecule has 0 saturated carbocycles. The van der Waals surface area contributed by atoms with Gasteiger partial charge < -0.3 is 0 Å². The van der Waals surface area contributed by atoms with E-state index in [9.17, 15) is 8.42 Å². The molecule has 18 heavy (non-hydrogen) atoms. The maximum Gasteiger partial charge on any atom is 0.199 e. The summed E-state index contributed by atoms with van der Waals surface area (Å²) < 4.78 is 24.3. The molecule has 0 radical (unpaired) electrons.